The number of pyridine rings is 1. The number of hydrogen-bond acceptors (Lipinski definition) is 9. The number of methoxy groups -OCH3 is 1. The average molecular weight is 511 g/mol. The summed E-state index contributed by atoms with van der Waals surface area (Å²) in [5.74, 6) is -0.561. The van der Waals surface area contributed by atoms with Crippen molar-refractivity contribution in [1.82, 2.24) is 25.0 Å². The molecule has 0 spiro atoms. The summed E-state index contributed by atoms with van der Waals surface area (Å²) in [4.78, 5) is 32.8. The molecular weight excluding hydrogens is 480 g/mol. The van der Waals surface area contributed by atoms with Crippen molar-refractivity contribution < 1.29 is 14.3 Å². The van der Waals surface area contributed by atoms with Crippen molar-refractivity contribution in [2.75, 3.05) is 44.0 Å². The SMILES string of the molecule is COCCn1cc(C2=CN/C(=C(\C=N)C(=O)Nc3cc(NC(=O)CN4CCCC4)cnc3C)S2)cn1. The summed E-state index contributed by atoms with van der Waals surface area (Å²) >= 11 is 1.36. The molecule has 1 fully saturated rings. The van der Waals surface area contributed by atoms with Crippen LogP contribution in [0.4, 0.5) is 11.4 Å². The second-order valence-electron chi connectivity index (χ2n) is 8.47. The monoisotopic (exact) mass is 510 g/mol. The minimum absolute atomic E-state index is 0.113. The fourth-order valence-corrected chi connectivity index (χ4v) is 4.81. The Kier molecular flexibility index (Phi) is 8.52. The lowest BCUT2D eigenvalue weighted by molar-refractivity contribution is -0.117. The Morgan fingerprint density at radius 3 is 2.83 bits per heavy atom. The molecule has 36 heavy (non-hydrogen) atoms. The van der Waals surface area contributed by atoms with Crippen molar-refractivity contribution >= 4 is 46.1 Å². The summed E-state index contributed by atoms with van der Waals surface area (Å²) in [5, 5.41) is 21.5. The number of aromatic nitrogens is 3. The third-order valence-electron chi connectivity index (χ3n) is 5.81. The number of carbonyl (C=O) groups excluding carboxylic acids is 2. The van der Waals surface area contributed by atoms with E-state index >= 15 is 0 Å². The molecule has 2 aromatic rings. The highest BCUT2D eigenvalue weighted by atomic mass is 32.2. The van der Waals surface area contributed by atoms with E-state index in [-0.39, 0.29) is 11.5 Å². The zero-order valence-corrected chi connectivity index (χ0v) is 21.2. The van der Waals surface area contributed by atoms with Crippen molar-refractivity contribution in [1.29, 1.82) is 5.41 Å². The summed E-state index contributed by atoms with van der Waals surface area (Å²) < 4.78 is 6.87. The summed E-state index contributed by atoms with van der Waals surface area (Å²) in [7, 11) is 1.64. The number of likely N-dealkylation sites (tertiary alicyclic amines) is 1. The van der Waals surface area contributed by atoms with Crippen molar-refractivity contribution in [3.05, 3.63) is 52.7 Å². The molecule has 4 rings (SSSR count). The molecule has 12 heteroatoms. The van der Waals surface area contributed by atoms with Crippen LogP contribution in [-0.4, -0.2) is 71.0 Å². The van der Waals surface area contributed by atoms with E-state index in [9.17, 15) is 9.59 Å². The molecule has 2 amide bonds. The standard InChI is InChI=1S/C24H30N8O3S/c1-16-20(9-18(12-26-16)29-22(33)15-31-5-3-4-6-31)30-23(34)19(10-25)24-27-13-21(36-24)17-11-28-32(14-17)7-8-35-2/h9-14,25,27H,3-8,15H2,1-2H3,(H,29,33)(H,30,34)/b24-19-,25-10?. The Morgan fingerprint density at radius 2 is 2.08 bits per heavy atom. The van der Waals surface area contributed by atoms with Gasteiger partial charge >= 0.3 is 0 Å². The van der Waals surface area contributed by atoms with Gasteiger partial charge in [-0.25, -0.2) is 0 Å². The van der Waals surface area contributed by atoms with Crippen LogP contribution in [0.25, 0.3) is 4.91 Å². The van der Waals surface area contributed by atoms with Crippen LogP contribution in [0.5, 0.6) is 0 Å². The predicted molar refractivity (Wildman–Crippen MR) is 141 cm³/mol. The van der Waals surface area contributed by atoms with Crippen LogP contribution in [0.15, 0.2) is 41.5 Å². The highest BCUT2D eigenvalue weighted by Gasteiger charge is 2.22. The molecule has 190 valence electrons. The molecule has 0 unspecified atom stereocenters. The van der Waals surface area contributed by atoms with E-state index in [1.807, 2.05) is 6.20 Å². The van der Waals surface area contributed by atoms with E-state index in [0.717, 1.165) is 42.6 Å². The number of rotatable bonds is 10. The first kappa shape index (κ1) is 25.6. The molecule has 11 nitrogen and oxygen atoms in total. The molecule has 0 saturated carbocycles. The fraction of sp³-hybridized carbons (Fsp3) is 0.375. The molecule has 4 N–H and O–H groups in total. The Morgan fingerprint density at radius 1 is 1.28 bits per heavy atom. The number of carbonyl (C=O) groups is 2. The van der Waals surface area contributed by atoms with E-state index in [2.05, 4.69) is 30.9 Å². The van der Waals surface area contributed by atoms with Crippen LogP contribution in [0.3, 0.4) is 0 Å². The van der Waals surface area contributed by atoms with Gasteiger partial charge in [-0.15, -0.1) is 0 Å². The number of hydrogen-bond donors (Lipinski definition) is 4. The van der Waals surface area contributed by atoms with E-state index < -0.39 is 5.91 Å². The maximum Gasteiger partial charge on any atom is 0.259 e. The van der Waals surface area contributed by atoms with Crippen LogP contribution in [0.2, 0.25) is 0 Å². The number of thioether (sulfide) groups is 1. The second-order valence-corrected chi connectivity index (χ2v) is 9.52. The van der Waals surface area contributed by atoms with E-state index in [1.54, 1.807) is 43.4 Å². The molecule has 4 heterocycles. The number of nitrogens with one attached hydrogen (secondary N) is 4. The molecule has 0 bridgehead atoms. The van der Waals surface area contributed by atoms with Gasteiger partial charge in [0.05, 0.1) is 59.8 Å². The van der Waals surface area contributed by atoms with Gasteiger partial charge in [-0.3, -0.25) is 24.2 Å². The quantitative estimate of drug-likeness (QED) is 0.283. The Labute approximate surface area is 213 Å². The van der Waals surface area contributed by atoms with Crippen molar-refractivity contribution in [2.45, 2.75) is 26.3 Å². The number of ether oxygens (including phenoxy) is 1. The molecule has 0 radical (unpaired) electrons. The Hall–Kier alpha value is -3.48. The first-order chi connectivity index (χ1) is 17.5. The highest BCUT2D eigenvalue weighted by molar-refractivity contribution is 8.12. The third-order valence-corrected chi connectivity index (χ3v) is 6.92. The lowest BCUT2D eigenvalue weighted by Crippen LogP contribution is -2.31. The zero-order valence-electron chi connectivity index (χ0n) is 20.3. The van der Waals surface area contributed by atoms with Gasteiger partial charge in [-0.1, -0.05) is 11.8 Å². The lowest BCUT2D eigenvalue weighted by Gasteiger charge is -2.15. The summed E-state index contributed by atoms with van der Waals surface area (Å²) in [6, 6.07) is 1.68. The van der Waals surface area contributed by atoms with Crippen LogP contribution in [-0.2, 0) is 20.9 Å². The van der Waals surface area contributed by atoms with Gasteiger partial charge in [0.1, 0.15) is 0 Å². The van der Waals surface area contributed by atoms with Crippen molar-refractivity contribution in [3.8, 4) is 0 Å². The van der Waals surface area contributed by atoms with E-state index in [0.29, 0.717) is 41.8 Å². The van der Waals surface area contributed by atoms with Crippen LogP contribution in [0.1, 0.15) is 24.1 Å². The fourth-order valence-electron chi connectivity index (χ4n) is 3.87. The normalized spacial score (nSPS) is 16.9. The molecule has 0 aromatic carbocycles. The van der Waals surface area contributed by atoms with Crippen LogP contribution in [0, 0.1) is 12.3 Å². The van der Waals surface area contributed by atoms with Gasteiger partial charge in [0, 0.05) is 36.2 Å². The van der Waals surface area contributed by atoms with Gasteiger partial charge in [0.15, 0.2) is 0 Å². The maximum atomic E-state index is 13.1. The van der Waals surface area contributed by atoms with Crippen molar-refractivity contribution in [2.24, 2.45) is 0 Å². The van der Waals surface area contributed by atoms with Crippen molar-refractivity contribution in [3.63, 3.8) is 0 Å². The number of anilines is 2. The van der Waals surface area contributed by atoms with Gasteiger partial charge < -0.3 is 26.1 Å². The largest absolute Gasteiger partial charge is 0.383 e. The number of nitrogens with zero attached hydrogens (tertiary/aromatic N) is 4. The predicted octanol–water partition coefficient (Wildman–Crippen LogP) is 2.40. The summed E-state index contributed by atoms with van der Waals surface area (Å²) in [5.41, 5.74) is 2.66. The third kappa shape index (κ3) is 6.39. The molecule has 0 atom stereocenters. The first-order valence-corrected chi connectivity index (χ1v) is 12.5. The minimum atomic E-state index is -0.448. The second kappa shape index (κ2) is 12.0. The van der Waals surface area contributed by atoms with Crippen LogP contribution >= 0.6 is 11.8 Å². The lowest BCUT2D eigenvalue weighted by atomic mass is 10.2. The van der Waals surface area contributed by atoms with E-state index in [4.69, 9.17) is 10.1 Å². The Bertz CT molecular complexity index is 1200. The first-order valence-electron chi connectivity index (χ1n) is 11.7. The minimum Gasteiger partial charge on any atom is -0.383 e. The highest BCUT2D eigenvalue weighted by Crippen LogP contribution is 2.38. The molecule has 0 aliphatic carbocycles. The van der Waals surface area contributed by atoms with Gasteiger partial charge in [0.2, 0.25) is 5.91 Å². The number of amides is 2. The smallest absolute Gasteiger partial charge is 0.259 e. The topological polar surface area (TPSA) is 137 Å². The molecule has 2 aliphatic rings. The van der Waals surface area contributed by atoms with E-state index in [1.165, 1.54) is 11.8 Å². The Balaban J connectivity index is 1.40. The van der Waals surface area contributed by atoms with Gasteiger partial charge in [0.25, 0.3) is 5.91 Å². The molecule has 2 aromatic heterocycles. The van der Waals surface area contributed by atoms with Gasteiger partial charge in [-0.2, -0.15) is 5.10 Å². The number of aryl methyl sites for hydroxylation is 1. The van der Waals surface area contributed by atoms with Crippen LogP contribution < -0.4 is 16.0 Å². The molecule has 2 aliphatic heterocycles. The summed E-state index contributed by atoms with van der Waals surface area (Å²) in [6.45, 7) is 5.17. The van der Waals surface area contributed by atoms with Gasteiger partial charge in [-0.05, 0) is 38.9 Å². The molecular formula is C24H30N8O3S. The maximum absolute atomic E-state index is 13.1. The average Bonchev–Trinajstić information content (AvgIpc) is 3.62. The molecule has 1 saturated heterocycles. The summed E-state index contributed by atoms with van der Waals surface area (Å²) in [6.07, 6.45) is 10.3. The zero-order chi connectivity index (χ0) is 25.5.